The van der Waals surface area contributed by atoms with Crippen molar-refractivity contribution in [3.05, 3.63) is 29.8 Å². The molecule has 3 heteroatoms. The molecule has 2 aliphatic carbocycles. The summed E-state index contributed by atoms with van der Waals surface area (Å²) in [6.07, 6.45) is 4.78. The highest BCUT2D eigenvalue weighted by molar-refractivity contribution is 5.67. The summed E-state index contributed by atoms with van der Waals surface area (Å²) in [5, 5.41) is 0. The van der Waals surface area contributed by atoms with Crippen LogP contribution in [0.1, 0.15) is 38.2 Å². The predicted octanol–water partition coefficient (Wildman–Crippen LogP) is 3.27. The smallest absolute Gasteiger partial charge is 0.303 e. The van der Waals surface area contributed by atoms with Gasteiger partial charge in [0.15, 0.2) is 0 Å². The van der Waals surface area contributed by atoms with Gasteiger partial charge in [0.05, 0.1) is 7.11 Å². The molecule has 2 fully saturated rings. The Morgan fingerprint density at radius 1 is 1.21 bits per heavy atom. The average Bonchev–Trinajstić information content (AvgIpc) is 2.45. The summed E-state index contributed by atoms with van der Waals surface area (Å²) >= 11 is 0. The molecule has 0 heterocycles. The van der Waals surface area contributed by atoms with Gasteiger partial charge in [0.2, 0.25) is 0 Å². The molecule has 102 valence electrons. The van der Waals surface area contributed by atoms with Gasteiger partial charge in [-0.2, -0.15) is 0 Å². The second-order valence-corrected chi connectivity index (χ2v) is 5.68. The van der Waals surface area contributed by atoms with Gasteiger partial charge < -0.3 is 9.47 Å². The first-order chi connectivity index (χ1) is 9.16. The van der Waals surface area contributed by atoms with Crippen LogP contribution in [0.2, 0.25) is 0 Å². The zero-order valence-corrected chi connectivity index (χ0v) is 11.5. The van der Waals surface area contributed by atoms with Crippen LogP contribution >= 0.6 is 0 Å². The van der Waals surface area contributed by atoms with Gasteiger partial charge in [-0.1, -0.05) is 18.6 Å². The number of rotatable bonds is 3. The molecule has 1 aromatic carbocycles. The van der Waals surface area contributed by atoms with E-state index in [0.29, 0.717) is 11.8 Å². The Kier molecular flexibility index (Phi) is 3.00. The fourth-order valence-electron chi connectivity index (χ4n) is 3.93. The number of fused-ring (bicyclic) bond motifs is 2. The van der Waals surface area contributed by atoms with E-state index in [9.17, 15) is 4.79 Å². The van der Waals surface area contributed by atoms with Crippen molar-refractivity contribution in [2.75, 3.05) is 7.11 Å². The third-order valence-electron chi connectivity index (χ3n) is 4.74. The van der Waals surface area contributed by atoms with E-state index < -0.39 is 0 Å². The van der Waals surface area contributed by atoms with Crippen molar-refractivity contribution in [3.8, 4) is 5.75 Å². The molecule has 0 spiro atoms. The number of carbonyl (C=O) groups is 1. The molecule has 1 aromatic rings. The molecule has 0 aliphatic heterocycles. The molecule has 2 saturated carbocycles. The summed E-state index contributed by atoms with van der Waals surface area (Å²) in [7, 11) is 1.66. The zero-order chi connectivity index (χ0) is 13.5. The van der Waals surface area contributed by atoms with Crippen LogP contribution in [0.3, 0.4) is 0 Å². The number of methoxy groups -OCH3 is 1. The van der Waals surface area contributed by atoms with Crippen LogP contribution in [0.4, 0.5) is 0 Å². The minimum Gasteiger partial charge on any atom is -0.497 e. The van der Waals surface area contributed by atoms with E-state index in [1.807, 2.05) is 24.3 Å². The zero-order valence-electron chi connectivity index (χ0n) is 11.5. The maximum absolute atomic E-state index is 11.5. The first-order valence-corrected chi connectivity index (χ1v) is 7.01. The third-order valence-corrected chi connectivity index (χ3v) is 4.74. The number of esters is 1. The Morgan fingerprint density at radius 2 is 1.84 bits per heavy atom. The quantitative estimate of drug-likeness (QED) is 0.782. The van der Waals surface area contributed by atoms with Gasteiger partial charge in [-0.15, -0.1) is 0 Å². The molecule has 2 bridgehead atoms. The van der Waals surface area contributed by atoms with E-state index >= 15 is 0 Å². The monoisotopic (exact) mass is 260 g/mol. The van der Waals surface area contributed by atoms with Gasteiger partial charge in [0.25, 0.3) is 0 Å². The second kappa shape index (κ2) is 4.55. The van der Waals surface area contributed by atoms with E-state index in [-0.39, 0.29) is 11.6 Å². The van der Waals surface area contributed by atoms with Crippen molar-refractivity contribution in [2.45, 2.75) is 38.2 Å². The van der Waals surface area contributed by atoms with Gasteiger partial charge in [0.1, 0.15) is 11.4 Å². The standard InChI is InChI=1S/C16H20O3/c1-11(17)19-16(13-4-3-5-14(16)10-13)12-6-8-15(18-2)9-7-12/h6-9,13-14H,3-5,10H2,1-2H3/t13-,14+,16?. The summed E-state index contributed by atoms with van der Waals surface area (Å²) in [6.45, 7) is 1.51. The van der Waals surface area contributed by atoms with E-state index in [4.69, 9.17) is 9.47 Å². The lowest BCUT2D eigenvalue weighted by molar-refractivity contribution is -0.220. The fraction of sp³-hybridized carbons (Fsp3) is 0.562. The highest BCUT2D eigenvalue weighted by Crippen LogP contribution is 2.61. The first kappa shape index (κ1) is 12.5. The number of carbonyl (C=O) groups excluding carboxylic acids is 1. The van der Waals surface area contributed by atoms with Crippen molar-refractivity contribution in [2.24, 2.45) is 11.8 Å². The summed E-state index contributed by atoms with van der Waals surface area (Å²) in [4.78, 5) is 11.5. The molecule has 3 nitrogen and oxygen atoms in total. The van der Waals surface area contributed by atoms with Crippen molar-refractivity contribution >= 4 is 5.97 Å². The summed E-state index contributed by atoms with van der Waals surface area (Å²) in [5.41, 5.74) is 0.764. The largest absolute Gasteiger partial charge is 0.497 e. The third kappa shape index (κ3) is 1.83. The molecule has 0 amide bonds. The molecule has 3 rings (SSSR count). The lowest BCUT2D eigenvalue weighted by Gasteiger charge is -2.58. The number of hydrogen-bond donors (Lipinski definition) is 0. The number of ether oxygens (including phenoxy) is 2. The Labute approximate surface area is 113 Å². The minimum absolute atomic E-state index is 0.174. The van der Waals surface area contributed by atoms with Crippen molar-refractivity contribution in [1.29, 1.82) is 0 Å². The van der Waals surface area contributed by atoms with Gasteiger partial charge in [-0.25, -0.2) is 0 Å². The van der Waals surface area contributed by atoms with Gasteiger partial charge in [0, 0.05) is 18.8 Å². The highest BCUT2D eigenvalue weighted by atomic mass is 16.6. The summed E-state index contributed by atoms with van der Waals surface area (Å²) in [6, 6.07) is 8.00. The van der Waals surface area contributed by atoms with Crippen molar-refractivity contribution in [1.82, 2.24) is 0 Å². The van der Waals surface area contributed by atoms with E-state index in [0.717, 1.165) is 24.2 Å². The van der Waals surface area contributed by atoms with Crippen LogP contribution in [0.15, 0.2) is 24.3 Å². The van der Waals surface area contributed by atoms with E-state index in [1.54, 1.807) is 7.11 Å². The van der Waals surface area contributed by atoms with Crippen LogP contribution in [0.5, 0.6) is 5.75 Å². The molecule has 2 aliphatic rings. The van der Waals surface area contributed by atoms with Gasteiger partial charge in [-0.3, -0.25) is 4.79 Å². The second-order valence-electron chi connectivity index (χ2n) is 5.68. The number of hydrogen-bond acceptors (Lipinski definition) is 3. The molecule has 0 N–H and O–H groups in total. The van der Waals surface area contributed by atoms with Crippen LogP contribution in [0, 0.1) is 11.8 Å². The Morgan fingerprint density at radius 3 is 2.32 bits per heavy atom. The van der Waals surface area contributed by atoms with Crippen LogP contribution < -0.4 is 4.74 Å². The molecule has 0 saturated heterocycles. The SMILES string of the molecule is COc1ccc(C2(OC(C)=O)[C@@H]3CCC[C@H]2C3)cc1. The molecule has 0 radical (unpaired) electrons. The summed E-state index contributed by atoms with van der Waals surface area (Å²) in [5.74, 6) is 1.64. The molecule has 0 aromatic heterocycles. The normalized spacial score (nSPS) is 32.3. The van der Waals surface area contributed by atoms with Crippen LogP contribution in [-0.4, -0.2) is 13.1 Å². The fourth-order valence-corrected chi connectivity index (χ4v) is 3.93. The van der Waals surface area contributed by atoms with Crippen molar-refractivity contribution in [3.63, 3.8) is 0 Å². The van der Waals surface area contributed by atoms with Gasteiger partial charge >= 0.3 is 5.97 Å². The lowest BCUT2D eigenvalue weighted by Crippen LogP contribution is -2.57. The highest BCUT2D eigenvalue weighted by Gasteiger charge is 2.60. The molecule has 19 heavy (non-hydrogen) atoms. The maximum atomic E-state index is 11.5. The van der Waals surface area contributed by atoms with Crippen LogP contribution in [-0.2, 0) is 15.1 Å². The predicted molar refractivity (Wildman–Crippen MR) is 71.9 cm³/mol. The maximum Gasteiger partial charge on any atom is 0.303 e. The Hall–Kier alpha value is -1.51. The Bertz CT molecular complexity index is 463. The summed E-state index contributed by atoms with van der Waals surface area (Å²) < 4.78 is 11.0. The van der Waals surface area contributed by atoms with E-state index in [2.05, 4.69) is 0 Å². The topological polar surface area (TPSA) is 35.5 Å². The Balaban J connectivity index is 1.97. The van der Waals surface area contributed by atoms with Crippen molar-refractivity contribution < 1.29 is 14.3 Å². The first-order valence-electron chi connectivity index (χ1n) is 7.01. The average molecular weight is 260 g/mol. The lowest BCUT2D eigenvalue weighted by atomic mass is 9.51. The molecule has 1 unspecified atom stereocenters. The molecule has 3 atom stereocenters. The number of benzene rings is 1. The van der Waals surface area contributed by atoms with Gasteiger partial charge in [-0.05, 0) is 37.0 Å². The minimum atomic E-state index is -0.365. The molecular formula is C16H20O3. The molecular weight excluding hydrogens is 240 g/mol. The van der Waals surface area contributed by atoms with E-state index in [1.165, 1.54) is 19.8 Å². The van der Waals surface area contributed by atoms with Crippen LogP contribution in [0.25, 0.3) is 0 Å².